The molecule has 3 rings (SSSR count). The van der Waals surface area contributed by atoms with Crippen molar-refractivity contribution in [2.75, 3.05) is 0 Å². The van der Waals surface area contributed by atoms with E-state index >= 15 is 0 Å². The molecule has 1 unspecified atom stereocenters. The highest BCUT2D eigenvalue weighted by Gasteiger charge is 2.14. The first-order chi connectivity index (χ1) is 10.6. The molecule has 0 aliphatic carbocycles. The van der Waals surface area contributed by atoms with Crippen LogP contribution in [0.1, 0.15) is 18.1 Å². The van der Waals surface area contributed by atoms with E-state index in [-0.39, 0.29) is 26.5 Å². The maximum absolute atomic E-state index is 13.8. The number of fused-ring (bicyclic) bond motifs is 1. The summed E-state index contributed by atoms with van der Waals surface area (Å²) >= 11 is 6.20. The van der Waals surface area contributed by atoms with Gasteiger partial charge in [-0.1, -0.05) is 63.5 Å². The Hall–Kier alpha value is -1.00. The molecule has 0 spiro atoms. The zero-order chi connectivity index (χ0) is 15.7. The van der Waals surface area contributed by atoms with Crippen LogP contribution in [0.5, 0.6) is 0 Å². The molecular formula is C19H17ClFI. The van der Waals surface area contributed by atoms with E-state index in [9.17, 15) is 4.39 Å². The van der Waals surface area contributed by atoms with Crippen molar-refractivity contribution in [3.63, 3.8) is 0 Å². The van der Waals surface area contributed by atoms with Crippen LogP contribution in [0.15, 0.2) is 36.4 Å². The van der Waals surface area contributed by atoms with Gasteiger partial charge in [0.1, 0.15) is 5.82 Å². The minimum Gasteiger partial charge on any atom is -0.207 e. The second kappa shape index (κ2) is 6.63. The zero-order valence-corrected chi connectivity index (χ0v) is 15.5. The minimum absolute atomic E-state index is 0.104. The number of halogens is 3. The Morgan fingerprint density at radius 3 is 2.82 bits per heavy atom. The van der Waals surface area contributed by atoms with Crippen molar-refractivity contribution in [1.82, 2.24) is 0 Å². The van der Waals surface area contributed by atoms with Gasteiger partial charge in [-0.05, 0) is 66.6 Å². The fourth-order valence-electron chi connectivity index (χ4n) is 2.72. The van der Waals surface area contributed by atoms with Gasteiger partial charge in [0.2, 0.25) is 0 Å². The van der Waals surface area contributed by atoms with Gasteiger partial charge < -0.3 is 0 Å². The van der Waals surface area contributed by atoms with E-state index in [1.165, 1.54) is 14.0 Å². The highest BCUT2D eigenvalue weighted by atomic mass is 127. The van der Waals surface area contributed by atoms with Gasteiger partial charge in [-0.25, -0.2) is 4.39 Å². The first-order valence-corrected chi connectivity index (χ1v) is 9.97. The van der Waals surface area contributed by atoms with E-state index in [1.54, 1.807) is 19.1 Å². The second-order valence-electron chi connectivity index (χ2n) is 5.63. The molecule has 22 heavy (non-hydrogen) atoms. The van der Waals surface area contributed by atoms with Crippen LogP contribution in [0.2, 0.25) is 5.02 Å². The molecule has 1 heterocycles. The lowest BCUT2D eigenvalue weighted by Crippen LogP contribution is -2.29. The molecule has 0 N–H and O–H groups in total. The lowest BCUT2D eigenvalue weighted by Gasteiger charge is -2.16. The van der Waals surface area contributed by atoms with Gasteiger partial charge in [0, 0.05) is 5.02 Å². The molecule has 1 aliphatic heterocycles. The van der Waals surface area contributed by atoms with Crippen molar-refractivity contribution in [3.8, 4) is 0 Å². The number of hydrogen-bond donors (Lipinski definition) is 0. The molecule has 0 bridgehead atoms. The molecule has 0 nitrogen and oxygen atoms in total. The fourth-order valence-corrected chi connectivity index (χ4v) is 5.63. The highest BCUT2D eigenvalue weighted by Crippen LogP contribution is 2.30. The van der Waals surface area contributed by atoms with Crippen molar-refractivity contribution in [2.24, 2.45) is 5.92 Å². The Morgan fingerprint density at radius 2 is 2.00 bits per heavy atom. The first kappa shape index (κ1) is 15.9. The van der Waals surface area contributed by atoms with Gasteiger partial charge in [-0.3, -0.25) is 0 Å². The van der Waals surface area contributed by atoms with E-state index in [0.29, 0.717) is 16.5 Å². The molecule has 0 radical (unpaired) electrons. The summed E-state index contributed by atoms with van der Waals surface area (Å²) in [5, 5.41) is 3.31. The Kier molecular flexibility index (Phi) is 4.79. The van der Waals surface area contributed by atoms with Gasteiger partial charge in [-0.15, -0.1) is 0 Å². The van der Waals surface area contributed by atoms with Crippen molar-refractivity contribution >= 4 is 46.0 Å². The summed E-state index contributed by atoms with van der Waals surface area (Å²) < 4.78 is 17.6. The molecule has 3 heteroatoms. The summed E-state index contributed by atoms with van der Waals surface area (Å²) in [6.45, 7) is 3.97. The summed E-state index contributed by atoms with van der Waals surface area (Å²) in [5.41, 5.74) is 1.51. The van der Waals surface area contributed by atoms with E-state index in [1.807, 2.05) is 0 Å². The van der Waals surface area contributed by atoms with Crippen molar-refractivity contribution < 1.29 is 4.39 Å². The summed E-state index contributed by atoms with van der Waals surface area (Å²) in [6.07, 6.45) is 3.00. The maximum atomic E-state index is 13.8. The molecule has 1 aliphatic rings. The zero-order valence-electron chi connectivity index (χ0n) is 12.5. The minimum atomic E-state index is -0.171. The second-order valence-corrected chi connectivity index (χ2v) is 8.55. The van der Waals surface area contributed by atoms with Crippen LogP contribution in [-0.2, 0) is 6.42 Å². The maximum Gasteiger partial charge on any atom is 0.126 e. The number of hydrogen-bond acceptors (Lipinski definition) is 0. The third-order valence-corrected chi connectivity index (χ3v) is 7.31. The molecule has 2 aromatic carbocycles. The predicted octanol–water partition coefficient (Wildman–Crippen LogP) is 4.34. The van der Waals surface area contributed by atoms with E-state index in [0.717, 1.165) is 12.0 Å². The molecule has 0 amide bonds. The molecule has 114 valence electrons. The Labute approximate surface area is 145 Å². The van der Waals surface area contributed by atoms with Crippen molar-refractivity contribution in [3.05, 3.63) is 68.8 Å². The summed E-state index contributed by atoms with van der Waals surface area (Å²) in [7, 11) is 0. The Morgan fingerprint density at radius 1 is 1.23 bits per heavy atom. The number of benzene rings is 2. The van der Waals surface area contributed by atoms with Crippen molar-refractivity contribution in [2.45, 2.75) is 20.3 Å². The van der Waals surface area contributed by atoms with E-state index in [2.05, 4.69) is 41.3 Å². The fraction of sp³-hybridized carbons (Fsp3) is 0.211. The highest BCUT2D eigenvalue weighted by molar-refractivity contribution is 14.2. The van der Waals surface area contributed by atoms with Crippen LogP contribution >= 0.6 is 32.3 Å². The van der Waals surface area contributed by atoms with Crippen LogP contribution in [0.3, 0.4) is 0 Å². The predicted molar refractivity (Wildman–Crippen MR) is 103 cm³/mol. The van der Waals surface area contributed by atoms with E-state index in [4.69, 9.17) is 11.6 Å². The van der Waals surface area contributed by atoms with E-state index < -0.39 is 0 Å². The molecule has 0 fully saturated rings. The monoisotopic (exact) mass is 426 g/mol. The van der Waals surface area contributed by atoms with Crippen LogP contribution in [0.25, 0.3) is 9.66 Å². The SMILES string of the molecule is Cc1cc(Cl)c(CC(C)C2=c3ccccc3=CC=I2)cc1F. The van der Waals surface area contributed by atoms with Crippen molar-refractivity contribution in [1.29, 1.82) is 0 Å². The van der Waals surface area contributed by atoms with Gasteiger partial charge in [0.05, 0.1) is 0 Å². The molecule has 0 saturated carbocycles. The van der Waals surface area contributed by atoms with Crippen LogP contribution < -0.4 is 10.4 Å². The van der Waals surface area contributed by atoms with Gasteiger partial charge in [-0.2, -0.15) is 0 Å². The molecule has 0 saturated heterocycles. The average Bonchev–Trinajstić information content (AvgIpc) is 2.52. The number of aryl methyl sites for hydroxylation is 1. The molecular weight excluding hydrogens is 410 g/mol. The summed E-state index contributed by atoms with van der Waals surface area (Å²) in [5.74, 6) is 0.203. The smallest absolute Gasteiger partial charge is 0.126 e. The lowest BCUT2D eigenvalue weighted by atomic mass is 9.98. The average molecular weight is 427 g/mol. The summed E-state index contributed by atoms with van der Waals surface area (Å²) in [4.78, 5) is 0. The summed E-state index contributed by atoms with van der Waals surface area (Å²) in [6, 6.07) is 11.8. The third kappa shape index (κ3) is 3.18. The quantitative estimate of drug-likeness (QED) is 0.641. The Bertz CT molecular complexity index is 867. The first-order valence-electron chi connectivity index (χ1n) is 7.27. The molecule has 0 aromatic heterocycles. The molecule has 2 aromatic rings. The largest absolute Gasteiger partial charge is 0.207 e. The third-order valence-electron chi connectivity index (χ3n) is 3.93. The van der Waals surface area contributed by atoms with Gasteiger partial charge >= 0.3 is 0 Å². The van der Waals surface area contributed by atoms with Gasteiger partial charge in [0.25, 0.3) is 0 Å². The molecule has 1 atom stereocenters. The van der Waals surface area contributed by atoms with Crippen LogP contribution in [0, 0.1) is 18.7 Å². The van der Waals surface area contributed by atoms with Crippen LogP contribution in [0.4, 0.5) is 4.39 Å². The van der Waals surface area contributed by atoms with Gasteiger partial charge in [0.15, 0.2) is 0 Å². The lowest BCUT2D eigenvalue weighted by molar-refractivity contribution is 0.614. The topological polar surface area (TPSA) is 0 Å². The Balaban J connectivity index is 2.00. The number of rotatable bonds is 3. The normalized spacial score (nSPS) is 14.8. The van der Waals surface area contributed by atoms with Crippen LogP contribution in [-0.4, -0.2) is 4.01 Å². The standard InChI is InChI=1S/C19H17ClFI/c1-12-10-17(20)15(11-18(12)21)9-13(2)19-16-6-4-3-5-14(16)7-8-22-19/h3-8,10-11,13H,9H2,1-2H3.